The lowest BCUT2D eigenvalue weighted by Gasteiger charge is -2.48. The van der Waals surface area contributed by atoms with Gasteiger partial charge in [0.25, 0.3) is 0 Å². The van der Waals surface area contributed by atoms with Crippen molar-refractivity contribution in [1.29, 1.82) is 0 Å². The molecule has 0 saturated carbocycles. The SMILES string of the molecule is COc1ccc(COC(=O)C2=C(CSc3cnns3)CS[C@@H]3[C@H](N)C(=O)N23)cc1. The maximum Gasteiger partial charge on any atom is 0.355 e. The summed E-state index contributed by atoms with van der Waals surface area (Å²) < 4.78 is 15.5. The molecule has 2 N–H and O–H groups in total. The van der Waals surface area contributed by atoms with Crippen LogP contribution in [0.5, 0.6) is 5.75 Å². The first-order valence-corrected chi connectivity index (χ1v) is 11.5. The van der Waals surface area contributed by atoms with Crippen LogP contribution in [0.25, 0.3) is 0 Å². The van der Waals surface area contributed by atoms with Crippen LogP contribution in [-0.4, -0.2) is 56.4 Å². The lowest BCUT2D eigenvalue weighted by atomic mass is 10.0. The van der Waals surface area contributed by atoms with Crippen molar-refractivity contribution in [3.8, 4) is 5.75 Å². The van der Waals surface area contributed by atoms with E-state index < -0.39 is 12.0 Å². The molecule has 1 aromatic heterocycles. The van der Waals surface area contributed by atoms with Gasteiger partial charge in [-0.2, -0.15) is 0 Å². The van der Waals surface area contributed by atoms with Gasteiger partial charge in [-0.25, -0.2) is 4.79 Å². The second-order valence-electron chi connectivity index (χ2n) is 6.34. The zero-order valence-corrected chi connectivity index (χ0v) is 17.9. The number of aromatic nitrogens is 2. The van der Waals surface area contributed by atoms with Gasteiger partial charge in [0.1, 0.15) is 33.7 Å². The first-order valence-electron chi connectivity index (χ1n) is 8.71. The number of ether oxygens (including phenoxy) is 2. The highest BCUT2D eigenvalue weighted by molar-refractivity contribution is 8.01. The van der Waals surface area contributed by atoms with Crippen LogP contribution in [-0.2, 0) is 20.9 Å². The number of carbonyl (C=O) groups excluding carboxylic acids is 2. The summed E-state index contributed by atoms with van der Waals surface area (Å²) in [5.41, 5.74) is 7.91. The van der Waals surface area contributed by atoms with Crippen LogP contribution in [0.2, 0.25) is 0 Å². The van der Waals surface area contributed by atoms with Crippen molar-refractivity contribution in [3.63, 3.8) is 0 Å². The van der Waals surface area contributed by atoms with E-state index >= 15 is 0 Å². The Morgan fingerprint density at radius 3 is 2.86 bits per heavy atom. The molecule has 3 heterocycles. The third-order valence-electron chi connectivity index (χ3n) is 4.54. The van der Waals surface area contributed by atoms with Gasteiger partial charge in [0.15, 0.2) is 0 Å². The molecule has 29 heavy (non-hydrogen) atoms. The standard InChI is InChI=1S/C18H18N4O4S3/c1-25-12-4-2-10(3-5-12)7-26-18(24)15-11(8-27-13-6-20-21-29-13)9-28-17-14(19)16(23)22(15)17/h2-6,14,17H,7-9,19H2,1H3/t14-,17-/m1/s1. The largest absolute Gasteiger partial charge is 0.497 e. The van der Waals surface area contributed by atoms with E-state index in [-0.39, 0.29) is 17.9 Å². The number of benzene rings is 1. The molecule has 2 atom stereocenters. The maximum absolute atomic E-state index is 12.9. The maximum atomic E-state index is 12.9. The number of hydrogen-bond donors (Lipinski definition) is 1. The average molecular weight is 451 g/mol. The normalized spacial score (nSPS) is 20.9. The van der Waals surface area contributed by atoms with Crippen LogP contribution in [0.4, 0.5) is 0 Å². The number of nitrogens with two attached hydrogens (primary N) is 1. The number of carbonyl (C=O) groups is 2. The van der Waals surface area contributed by atoms with Crippen LogP contribution in [0.15, 0.2) is 45.9 Å². The van der Waals surface area contributed by atoms with Gasteiger partial charge in [-0.05, 0) is 34.8 Å². The van der Waals surface area contributed by atoms with Crippen molar-refractivity contribution in [3.05, 3.63) is 47.3 Å². The summed E-state index contributed by atoms with van der Waals surface area (Å²) in [7, 11) is 1.59. The summed E-state index contributed by atoms with van der Waals surface area (Å²) in [6.07, 6.45) is 1.68. The molecule has 1 saturated heterocycles. The summed E-state index contributed by atoms with van der Waals surface area (Å²) in [6.45, 7) is 0.109. The number of β-lactam (4-membered cyclic amide) rings is 1. The third-order valence-corrected chi connectivity index (χ3v) is 7.82. The lowest BCUT2D eigenvalue weighted by molar-refractivity contribution is -0.151. The Hall–Kier alpha value is -2.08. The summed E-state index contributed by atoms with van der Waals surface area (Å²) in [4.78, 5) is 26.8. The number of nitrogens with zero attached hydrogens (tertiary/aromatic N) is 3. The van der Waals surface area contributed by atoms with Crippen molar-refractivity contribution in [2.45, 2.75) is 22.2 Å². The molecule has 1 amide bonds. The summed E-state index contributed by atoms with van der Waals surface area (Å²) in [5, 5.41) is 3.60. The van der Waals surface area contributed by atoms with Gasteiger partial charge >= 0.3 is 5.97 Å². The van der Waals surface area contributed by atoms with Crippen molar-refractivity contribution in [2.75, 3.05) is 18.6 Å². The second-order valence-corrected chi connectivity index (χ2v) is 9.50. The Labute approximate surface area is 180 Å². The number of thioether (sulfide) groups is 2. The molecule has 1 fully saturated rings. The zero-order valence-electron chi connectivity index (χ0n) is 15.4. The molecule has 8 nitrogen and oxygen atoms in total. The Morgan fingerprint density at radius 2 is 2.17 bits per heavy atom. The zero-order chi connectivity index (χ0) is 20.4. The van der Waals surface area contributed by atoms with Gasteiger partial charge in [0.05, 0.1) is 13.3 Å². The number of esters is 1. The van der Waals surface area contributed by atoms with Crippen LogP contribution >= 0.6 is 35.1 Å². The van der Waals surface area contributed by atoms with Crippen LogP contribution in [0.3, 0.4) is 0 Å². The molecule has 0 bridgehead atoms. The Kier molecular flexibility index (Phi) is 6.09. The van der Waals surface area contributed by atoms with E-state index in [1.54, 1.807) is 37.2 Å². The number of amides is 1. The van der Waals surface area contributed by atoms with E-state index in [0.29, 0.717) is 17.2 Å². The van der Waals surface area contributed by atoms with E-state index in [4.69, 9.17) is 15.2 Å². The fraction of sp³-hybridized carbons (Fsp3) is 0.333. The molecule has 2 aliphatic heterocycles. The van der Waals surface area contributed by atoms with E-state index in [1.165, 1.54) is 28.2 Å². The molecule has 152 valence electrons. The Bertz CT molecular complexity index is 933. The van der Waals surface area contributed by atoms with E-state index in [2.05, 4.69) is 9.59 Å². The molecule has 0 spiro atoms. The number of fused-ring (bicyclic) bond motifs is 1. The smallest absolute Gasteiger partial charge is 0.355 e. The predicted molar refractivity (Wildman–Crippen MR) is 112 cm³/mol. The number of hydrogen-bond acceptors (Lipinski definition) is 10. The Balaban J connectivity index is 1.50. The third kappa shape index (κ3) is 4.13. The van der Waals surface area contributed by atoms with Crippen molar-refractivity contribution >= 4 is 46.9 Å². The highest BCUT2D eigenvalue weighted by Gasteiger charge is 2.52. The molecule has 0 aliphatic carbocycles. The minimum atomic E-state index is -0.579. The van der Waals surface area contributed by atoms with Gasteiger partial charge < -0.3 is 15.2 Å². The van der Waals surface area contributed by atoms with Crippen LogP contribution < -0.4 is 10.5 Å². The molecule has 1 aromatic carbocycles. The van der Waals surface area contributed by atoms with Crippen molar-refractivity contribution in [1.82, 2.24) is 14.5 Å². The predicted octanol–water partition coefficient (Wildman–Crippen LogP) is 1.88. The fourth-order valence-electron chi connectivity index (χ4n) is 3.00. The molecular formula is C18H18N4O4S3. The van der Waals surface area contributed by atoms with Gasteiger partial charge in [0, 0.05) is 11.5 Å². The van der Waals surface area contributed by atoms with Crippen LogP contribution in [0.1, 0.15) is 5.56 Å². The van der Waals surface area contributed by atoms with Crippen LogP contribution in [0, 0.1) is 0 Å². The van der Waals surface area contributed by atoms with E-state index in [9.17, 15) is 9.59 Å². The quantitative estimate of drug-likeness (QED) is 0.384. The molecule has 0 unspecified atom stereocenters. The molecule has 0 radical (unpaired) electrons. The van der Waals surface area contributed by atoms with Gasteiger partial charge in [-0.3, -0.25) is 9.69 Å². The van der Waals surface area contributed by atoms with Crippen molar-refractivity contribution < 1.29 is 19.1 Å². The summed E-state index contributed by atoms with van der Waals surface area (Å²) in [5.74, 6) is 1.14. The van der Waals surface area contributed by atoms with Gasteiger partial charge in [0.2, 0.25) is 5.91 Å². The number of methoxy groups -OCH3 is 1. The summed E-state index contributed by atoms with van der Waals surface area (Å²) >= 11 is 4.40. The van der Waals surface area contributed by atoms with Gasteiger partial charge in [-0.1, -0.05) is 16.6 Å². The lowest BCUT2D eigenvalue weighted by Crippen LogP contribution is -2.68. The topological polar surface area (TPSA) is 108 Å². The first kappa shape index (κ1) is 20.2. The first-order chi connectivity index (χ1) is 14.1. The molecule has 4 rings (SSSR count). The molecular weight excluding hydrogens is 432 g/mol. The monoisotopic (exact) mass is 450 g/mol. The minimum absolute atomic E-state index is 0.109. The van der Waals surface area contributed by atoms with Gasteiger partial charge in [-0.15, -0.1) is 28.6 Å². The molecule has 2 aliphatic rings. The number of rotatable bonds is 7. The average Bonchev–Trinajstić information content (AvgIpc) is 3.28. The Morgan fingerprint density at radius 1 is 1.38 bits per heavy atom. The van der Waals surface area contributed by atoms with E-state index in [0.717, 1.165) is 21.1 Å². The molecule has 11 heteroatoms. The highest BCUT2D eigenvalue weighted by Crippen LogP contribution is 2.41. The molecule has 2 aromatic rings. The minimum Gasteiger partial charge on any atom is -0.497 e. The fourth-order valence-corrected chi connectivity index (χ4v) is 5.85. The highest BCUT2D eigenvalue weighted by atomic mass is 32.2. The second kappa shape index (κ2) is 8.74. The van der Waals surface area contributed by atoms with E-state index in [1.807, 2.05) is 12.1 Å². The summed E-state index contributed by atoms with van der Waals surface area (Å²) in [6, 6.07) is 6.69. The van der Waals surface area contributed by atoms with Crippen molar-refractivity contribution in [2.24, 2.45) is 5.73 Å².